The molecular formula is C26H24FNO6. The van der Waals surface area contributed by atoms with Gasteiger partial charge < -0.3 is 23.5 Å². The van der Waals surface area contributed by atoms with E-state index in [4.69, 9.17) is 18.6 Å². The van der Waals surface area contributed by atoms with E-state index < -0.39 is 23.2 Å². The van der Waals surface area contributed by atoms with Crippen LogP contribution in [0.5, 0.6) is 11.5 Å². The van der Waals surface area contributed by atoms with Crippen LogP contribution in [0.1, 0.15) is 40.6 Å². The van der Waals surface area contributed by atoms with E-state index in [0.717, 1.165) is 18.9 Å². The molecule has 1 saturated heterocycles. The lowest BCUT2D eigenvalue weighted by molar-refractivity contribution is 0.0486. The summed E-state index contributed by atoms with van der Waals surface area (Å²) in [6.07, 6.45) is 3.21. The third-order valence-electron chi connectivity index (χ3n) is 6.21. The van der Waals surface area contributed by atoms with Gasteiger partial charge in [0.1, 0.15) is 18.0 Å². The predicted molar refractivity (Wildman–Crippen MR) is 123 cm³/mol. The summed E-state index contributed by atoms with van der Waals surface area (Å²) in [7, 11) is 1.52. The van der Waals surface area contributed by atoms with Crippen LogP contribution in [0.25, 0.3) is 11.0 Å². The molecule has 3 heterocycles. The quantitative estimate of drug-likeness (QED) is 0.486. The van der Waals surface area contributed by atoms with Crippen molar-refractivity contribution in [2.24, 2.45) is 0 Å². The van der Waals surface area contributed by atoms with Crippen molar-refractivity contribution in [3.05, 3.63) is 82.0 Å². The fourth-order valence-electron chi connectivity index (χ4n) is 4.66. The molecule has 0 radical (unpaired) electrons. The van der Waals surface area contributed by atoms with Crippen LogP contribution in [0.4, 0.5) is 4.39 Å². The highest BCUT2D eigenvalue weighted by Crippen LogP contribution is 2.41. The highest BCUT2D eigenvalue weighted by Gasteiger charge is 2.44. The van der Waals surface area contributed by atoms with Gasteiger partial charge in [-0.25, -0.2) is 4.39 Å². The standard InChI is InChI=1S/C26H24FNO6/c1-3-10-33-20-8-6-15(12-21(20)31-2)23-22-24(29)18-13-16(27)7-9-19(18)34-25(22)26(30)28(23)14-17-5-4-11-32-17/h3,6-9,12-13,17,23H,1,4-5,10-11,14H2,2H3. The van der Waals surface area contributed by atoms with Crippen LogP contribution in [0.2, 0.25) is 0 Å². The second-order valence-corrected chi connectivity index (χ2v) is 8.32. The fraction of sp³-hybridized carbons (Fsp3) is 0.308. The van der Waals surface area contributed by atoms with Gasteiger partial charge in [-0.2, -0.15) is 0 Å². The van der Waals surface area contributed by atoms with Gasteiger partial charge in [-0.15, -0.1) is 0 Å². The van der Waals surface area contributed by atoms with Crippen molar-refractivity contribution < 1.29 is 27.8 Å². The number of benzene rings is 2. The van der Waals surface area contributed by atoms with Crippen LogP contribution >= 0.6 is 0 Å². The largest absolute Gasteiger partial charge is 0.493 e. The molecule has 3 aromatic rings. The summed E-state index contributed by atoms with van der Waals surface area (Å²) in [5, 5.41) is 0.0911. The first-order valence-electron chi connectivity index (χ1n) is 11.1. The van der Waals surface area contributed by atoms with Crippen molar-refractivity contribution >= 4 is 16.9 Å². The minimum atomic E-state index is -0.738. The van der Waals surface area contributed by atoms with E-state index in [1.807, 2.05) is 0 Å². The summed E-state index contributed by atoms with van der Waals surface area (Å²) >= 11 is 0. The molecule has 2 aliphatic rings. The lowest BCUT2D eigenvalue weighted by Gasteiger charge is -2.28. The van der Waals surface area contributed by atoms with Gasteiger partial charge in [0.25, 0.3) is 5.91 Å². The van der Waals surface area contributed by atoms with Gasteiger partial charge in [-0.1, -0.05) is 18.7 Å². The molecule has 0 N–H and O–H groups in total. The van der Waals surface area contributed by atoms with Crippen LogP contribution < -0.4 is 14.9 Å². The fourth-order valence-corrected chi connectivity index (χ4v) is 4.66. The lowest BCUT2D eigenvalue weighted by atomic mass is 9.97. The maximum Gasteiger partial charge on any atom is 0.291 e. The number of rotatable bonds is 7. The summed E-state index contributed by atoms with van der Waals surface area (Å²) in [5.74, 6) is -0.0208. The van der Waals surface area contributed by atoms with Crippen LogP contribution in [0.15, 0.2) is 58.3 Å². The number of carbonyl (C=O) groups is 1. The van der Waals surface area contributed by atoms with E-state index in [0.29, 0.717) is 36.8 Å². The third-order valence-corrected chi connectivity index (χ3v) is 6.21. The number of hydrogen-bond donors (Lipinski definition) is 0. The number of hydrogen-bond acceptors (Lipinski definition) is 6. The van der Waals surface area contributed by atoms with Crippen LogP contribution in [0.3, 0.4) is 0 Å². The predicted octanol–water partition coefficient (Wildman–Crippen LogP) is 4.23. The van der Waals surface area contributed by atoms with E-state index in [1.165, 1.54) is 19.2 Å². The number of fused-ring (bicyclic) bond motifs is 2. The van der Waals surface area contributed by atoms with Crippen LogP contribution in [-0.4, -0.2) is 43.8 Å². The molecule has 0 saturated carbocycles. The number of amides is 1. The molecule has 2 atom stereocenters. The van der Waals surface area contributed by atoms with E-state index in [9.17, 15) is 14.0 Å². The molecule has 2 aliphatic heterocycles. The number of methoxy groups -OCH3 is 1. The van der Waals surface area contributed by atoms with Gasteiger partial charge in [-0.3, -0.25) is 9.59 Å². The highest BCUT2D eigenvalue weighted by atomic mass is 19.1. The monoisotopic (exact) mass is 465 g/mol. The molecule has 2 aromatic carbocycles. The maximum absolute atomic E-state index is 13.9. The van der Waals surface area contributed by atoms with Crippen molar-refractivity contribution in [1.29, 1.82) is 0 Å². The Balaban J connectivity index is 1.67. The van der Waals surface area contributed by atoms with Crippen molar-refractivity contribution in [2.45, 2.75) is 25.0 Å². The van der Waals surface area contributed by atoms with Crippen LogP contribution in [-0.2, 0) is 4.74 Å². The molecule has 8 heteroatoms. The SMILES string of the molecule is C=CCOc1ccc(C2c3c(oc4ccc(F)cc4c3=O)C(=O)N2CC2CCCO2)cc1OC. The first kappa shape index (κ1) is 22.2. The Morgan fingerprint density at radius 1 is 1.21 bits per heavy atom. The zero-order chi connectivity index (χ0) is 23.8. The molecule has 0 aliphatic carbocycles. The van der Waals surface area contributed by atoms with Crippen molar-refractivity contribution in [2.75, 3.05) is 26.9 Å². The summed E-state index contributed by atoms with van der Waals surface area (Å²) in [5.41, 5.74) is 0.565. The summed E-state index contributed by atoms with van der Waals surface area (Å²) in [4.78, 5) is 28.6. The normalized spacial score (nSPS) is 19.5. The molecule has 1 amide bonds. The maximum atomic E-state index is 13.9. The Kier molecular flexibility index (Phi) is 5.83. The average Bonchev–Trinajstić information content (AvgIpc) is 3.45. The van der Waals surface area contributed by atoms with Gasteiger partial charge in [0.05, 0.1) is 30.2 Å². The second-order valence-electron chi connectivity index (χ2n) is 8.32. The van der Waals surface area contributed by atoms with Gasteiger partial charge in [0.2, 0.25) is 5.76 Å². The number of carbonyl (C=O) groups excluding carboxylic acids is 1. The molecule has 5 rings (SSSR count). The molecular weight excluding hydrogens is 441 g/mol. The van der Waals surface area contributed by atoms with Gasteiger partial charge in [-0.05, 0) is 48.7 Å². The topological polar surface area (TPSA) is 78.2 Å². The van der Waals surface area contributed by atoms with E-state index >= 15 is 0 Å². The average molecular weight is 465 g/mol. The number of halogens is 1. The molecule has 0 spiro atoms. The molecule has 2 unspecified atom stereocenters. The Morgan fingerprint density at radius 3 is 2.79 bits per heavy atom. The minimum absolute atomic E-state index is 0.0296. The third kappa shape index (κ3) is 3.74. The van der Waals surface area contributed by atoms with E-state index in [-0.39, 0.29) is 28.4 Å². The molecule has 1 aromatic heterocycles. The zero-order valence-corrected chi connectivity index (χ0v) is 18.7. The molecule has 176 valence electrons. The molecule has 7 nitrogen and oxygen atoms in total. The van der Waals surface area contributed by atoms with E-state index in [2.05, 4.69) is 6.58 Å². The smallest absolute Gasteiger partial charge is 0.291 e. The second kappa shape index (κ2) is 8.95. The minimum Gasteiger partial charge on any atom is -0.493 e. The lowest BCUT2D eigenvalue weighted by Crippen LogP contribution is -2.36. The summed E-state index contributed by atoms with van der Waals surface area (Å²) in [6.45, 7) is 4.88. The zero-order valence-electron chi connectivity index (χ0n) is 18.7. The first-order chi connectivity index (χ1) is 16.5. The van der Waals surface area contributed by atoms with Crippen LogP contribution in [0, 0.1) is 5.82 Å². The molecule has 34 heavy (non-hydrogen) atoms. The number of ether oxygens (including phenoxy) is 3. The Bertz CT molecular complexity index is 1330. The van der Waals surface area contributed by atoms with Gasteiger partial charge >= 0.3 is 0 Å². The Hall–Kier alpha value is -3.65. The van der Waals surface area contributed by atoms with Gasteiger partial charge in [0.15, 0.2) is 16.9 Å². The highest BCUT2D eigenvalue weighted by molar-refractivity contribution is 5.99. The Morgan fingerprint density at radius 2 is 2.06 bits per heavy atom. The summed E-state index contributed by atoms with van der Waals surface area (Å²) in [6, 6.07) is 8.22. The number of nitrogens with zero attached hydrogens (tertiary/aromatic N) is 1. The first-order valence-corrected chi connectivity index (χ1v) is 11.1. The van der Waals surface area contributed by atoms with Crippen molar-refractivity contribution in [1.82, 2.24) is 4.90 Å². The van der Waals surface area contributed by atoms with Gasteiger partial charge in [0, 0.05) is 13.2 Å². The molecule has 1 fully saturated rings. The van der Waals surface area contributed by atoms with Crippen molar-refractivity contribution in [3.63, 3.8) is 0 Å². The molecule has 0 bridgehead atoms. The summed E-state index contributed by atoms with van der Waals surface area (Å²) < 4.78 is 36.7. The Labute approximate surface area is 195 Å². The van der Waals surface area contributed by atoms with Crippen molar-refractivity contribution in [3.8, 4) is 11.5 Å². The van der Waals surface area contributed by atoms with E-state index in [1.54, 1.807) is 29.2 Å².